The number of likely N-dealkylation sites (tertiary alicyclic amines) is 1. The number of carboxylic acids is 1. The molecule has 4 amide bonds. The van der Waals surface area contributed by atoms with Crippen LogP contribution < -0.4 is 22.1 Å². The number of Topliss-reactive ketones (excluding diaryl/α,β-unsaturated/α-hetero) is 2. The molecule has 0 saturated carbocycles. The third-order valence-corrected chi connectivity index (χ3v) is 7.93. The fourth-order valence-corrected chi connectivity index (χ4v) is 4.96. The molecule has 2 rings (SSSR count). The molecule has 45 heavy (non-hydrogen) atoms. The van der Waals surface area contributed by atoms with Gasteiger partial charge >= 0.3 is 5.97 Å². The molecule has 6 atom stereocenters. The average molecular weight is 654 g/mol. The molecular weight excluding hydrogens is 614 g/mol. The summed E-state index contributed by atoms with van der Waals surface area (Å²) in [4.78, 5) is 88.1. The highest BCUT2D eigenvalue weighted by Gasteiger charge is 2.39. The first-order valence-corrected chi connectivity index (χ1v) is 14.6. The molecule has 1 aromatic rings. The number of aliphatic hydroxyl groups is 2. The quantitative estimate of drug-likeness (QED) is 0.0711. The van der Waals surface area contributed by atoms with E-state index in [9.17, 15) is 48.9 Å². The lowest BCUT2D eigenvalue weighted by Gasteiger charge is -2.28. The van der Waals surface area contributed by atoms with Crippen molar-refractivity contribution in [3.05, 3.63) is 29.8 Å². The van der Waals surface area contributed by atoms with Gasteiger partial charge in [0.05, 0.1) is 31.7 Å². The number of primary amides is 1. The number of rotatable bonds is 18. The number of nitrogens with zero attached hydrogens (tertiary/aromatic N) is 1. The summed E-state index contributed by atoms with van der Waals surface area (Å²) in [6.07, 6.45) is -0.284. The fourth-order valence-electron chi connectivity index (χ4n) is 4.80. The first kappa shape index (κ1) is 37.1. The molecule has 1 saturated heterocycles. The number of carboxylic acid groups (broad SMARTS) is 1. The number of aliphatic hydroxyl groups excluding tert-OH is 2. The van der Waals surface area contributed by atoms with Crippen LogP contribution in [0.5, 0.6) is 5.75 Å². The molecule has 0 aliphatic carbocycles. The van der Waals surface area contributed by atoms with Gasteiger partial charge in [0.1, 0.15) is 23.1 Å². The Morgan fingerprint density at radius 1 is 1.00 bits per heavy atom. The van der Waals surface area contributed by atoms with E-state index in [1.807, 2.05) is 0 Å². The molecule has 248 valence electrons. The normalized spacial score (nSPS) is 17.8. The maximum atomic E-state index is 13.1. The number of nitrogens with two attached hydrogens (primary N) is 2. The van der Waals surface area contributed by atoms with Crippen molar-refractivity contribution in [3.63, 3.8) is 0 Å². The smallest absolute Gasteiger partial charge is 0.318 e. The van der Waals surface area contributed by atoms with Gasteiger partial charge in [-0.2, -0.15) is 12.6 Å². The summed E-state index contributed by atoms with van der Waals surface area (Å²) in [6.45, 7) is -1.90. The number of phenolic OH excluding ortho intramolecular Hbond substituents is 1. The molecular formula is C28H39N5O11S. The standard InChI is InChI=1S/C28H39N5O11S/c29-22(23(45)28(43)44)21(38)10-16(12-34)27(42)33-7-1-2-20(33)26(41)31-11-18(37)9-15(8-14-3-5-17(36)6-4-14)25(40)32-19(13-35)24(30)39/h3-6,15-16,19-20,22-23,34-36,45H,1-2,7-13,29H2,(H2,30,39)(H,31,41)(H,32,40)(H,43,44)/t15-,16+,19+,20+,22-,23-/m1/s1. The zero-order valence-electron chi connectivity index (χ0n) is 24.3. The molecule has 17 heteroatoms. The van der Waals surface area contributed by atoms with Crippen LogP contribution in [0.2, 0.25) is 0 Å². The van der Waals surface area contributed by atoms with E-state index in [4.69, 9.17) is 16.6 Å². The van der Waals surface area contributed by atoms with Gasteiger partial charge in [0.25, 0.3) is 0 Å². The highest BCUT2D eigenvalue weighted by molar-refractivity contribution is 7.81. The van der Waals surface area contributed by atoms with Gasteiger partial charge < -0.3 is 47.4 Å². The minimum atomic E-state index is -1.53. The Labute approximate surface area is 263 Å². The number of benzene rings is 1. The van der Waals surface area contributed by atoms with Crippen molar-refractivity contribution in [2.24, 2.45) is 23.3 Å². The van der Waals surface area contributed by atoms with Gasteiger partial charge in [-0.1, -0.05) is 12.1 Å². The fraction of sp³-hybridized carbons (Fsp3) is 0.536. The van der Waals surface area contributed by atoms with E-state index >= 15 is 0 Å². The van der Waals surface area contributed by atoms with Crippen molar-refractivity contribution >= 4 is 53.8 Å². The van der Waals surface area contributed by atoms with Gasteiger partial charge in [0.2, 0.25) is 23.6 Å². The van der Waals surface area contributed by atoms with Gasteiger partial charge in [-0.05, 0) is 37.0 Å². The van der Waals surface area contributed by atoms with Crippen LogP contribution >= 0.6 is 12.6 Å². The number of nitrogens with one attached hydrogen (secondary N) is 2. The summed E-state index contributed by atoms with van der Waals surface area (Å²) in [7, 11) is 0. The molecule has 0 radical (unpaired) electrons. The van der Waals surface area contributed by atoms with Crippen molar-refractivity contribution in [1.29, 1.82) is 0 Å². The summed E-state index contributed by atoms with van der Waals surface area (Å²) in [5.74, 6) is -8.25. The van der Waals surface area contributed by atoms with Crippen LogP contribution in [0.1, 0.15) is 31.2 Å². The number of carbonyl (C=O) groups is 7. The van der Waals surface area contributed by atoms with E-state index in [-0.39, 0.29) is 31.6 Å². The minimum absolute atomic E-state index is 0.0129. The van der Waals surface area contributed by atoms with Gasteiger partial charge in [-0.25, -0.2) is 0 Å². The van der Waals surface area contributed by atoms with Crippen LogP contribution in [-0.4, -0.2) is 116 Å². The summed E-state index contributed by atoms with van der Waals surface area (Å²) >= 11 is 3.77. The van der Waals surface area contributed by atoms with Crippen molar-refractivity contribution in [1.82, 2.24) is 15.5 Å². The number of aliphatic carboxylic acids is 1. The zero-order chi connectivity index (χ0) is 33.8. The Balaban J connectivity index is 2.05. The van der Waals surface area contributed by atoms with Crippen molar-refractivity contribution in [2.45, 2.75) is 55.5 Å². The Morgan fingerprint density at radius 3 is 2.20 bits per heavy atom. The lowest BCUT2D eigenvalue weighted by atomic mass is 9.93. The third-order valence-electron chi connectivity index (χ3n) is 7.39. The van der Waals surface area contributed by atoms with Crippen LogP contribution in [0, 0.1) is 11.8 Å². The zero-order valence-corrected chi connectivity index (χ0v) is 25.2. The monoisotopic (exact) mass is 653 g/mol. The third kappa shape index (κ3) is 10.8. The van der Waals surface area contributed by atoms with E-state index < -0.39 is 103 Å². The first-order chi connectivity index (χ1) is 21.2. The van der Waals surface area contributed by atoms with Crippen LogP contribution in [-0.2, 0) is 40.0 Å². The van der Waals surface area contributed by atoms with E-state index in [0.29, 0.717) is 12.0 Å². The number of thiol groups is 1. The van der Waals surface area contributed by atoms with Crippen molar-refractivity contribution < 1.29 is 54.0 Å². The summed E-state index contributed by atoms with van der Waals surface area (Å²) in [5, 5.41) is 40.9. The Morgan fingerprint density at radius 2 is 1.64 bits per heavy atom. The summed E-state index contributed by atoms with van der Waals surface area (Å²) < 4.78 is 0. The maximum absolute atomic E-state index is 13.1. The highest BCUT2D eigenvalue weighted by Crippen LogP contribution is 2.22. The van der Waals surface area contributed by atoms with Gasteiger partial charge in [0.15, 0.2) is 11.6 Å². The lowest BCUT2D eigenvalue weighted by Crippen LogP contribution is -2.51. The Bertz CT molecular complexity index is 1260. The first-order valence-electron chi connectivity index (χ1n) is 14.1. The molecule has 1 fully saturated rings. The number of hydrogen-bond acceptors (Lipinski definition) is 12. The van der Waals surface area contributed by atoms with E-state index in [1.165, 1.54) is 29.2 Å². The number of hydrogen-bond donors (Lipinski definition) is 9. The molecule has 0 unspecified atom stereocenters. The SMILES string of the molecule is NC(=O)[C@H](CO)NC(=O)[C@@H](CC(=O)CNC(=O)[C@@H]1CCCN1C(=O)[C@H](CO)CC(=O)[C@@H](N)[C@@H](S)C(=O)O)Cc1ccc(O)cc1. The molecule has 10 N–H and O–H groups in total. The summed E-state index contributed by atoms with van der Waals surface area (Å²) in [6, 6.07) is 1.92. The summed E-state index contributed by atoms with van der Waals surface area (Å²) in [5.41, 5.74) is 11.4. The van der Waals surface area contributed by atoms with Crippen LogP contribution in [0.3, 0.4) is 0 Å². The molecule has 0 bridgehead atoms. The minimum Gasteiger partial charge on any atom is -0.508 e. The second-order valence-electron chi connectivity index (χ2n) is 10.7. The van der Waals surface area contributed by atoms with Crippen LogP contribution in [0.15, 0.2) is 24.3 Å². The molecule has 16 nitrogen and oxygen atoms in total. The Hall–Kier alpha value is -4.06. The number of ketones is 2. The highest BCUT2D eigenvalue weighted by atomic mass is 32.1. The lowest BCUT2D eigenvalue weighted by molar-refractivity contribution is -0.144. The second-order valence-corrected chi connectivity index (χ2v) is 11.3. The van der Waals surface area contributed by atoms with Gasteiger partial charge in [-0.15, -0.1) is 0 Å². The molecule has 1 heterocycles. The molecule has 0 aromatic heterocycles. The predicted molar refractivity (Wildman–Crippen MR) is 159 cm³/mol. The average Bonchev–Trinajstić information content (AvgIpc) is 3.50. The molecule has 1 aliphatic rings. The second kappa shape index (κ2) is 17.4. The molecule has 0 spiro atoms. The largest absolute Gasteiger partial charge is 0.508 e. The number of phenols is 1. The number of aromatic hydroxyl groups is 1. The Kier molecular flexibility index (Phi) is 14.4. The van der Waals surface area contributed by atoms with Crippen LogP contribution in [0.4, 0.5) is 0 Å². The van der Waals surface area contributed by atoms with Gasteiger partial charge in [-0.3, -0.25) is 33.6 Å². The molecule has 1 aliphatic heterocycles. The van der Waals surface area contributed by atoms with E-state index in [0.717, 1.165) is 0 Å². The van der Waals surface area contributed by atoms with Crippen molar-refractivity contribution in [3.8, 4) is 5.75 Å². The number of carbonyl (C=O) groups excluding carboxylic acids is 6. The van der Waals surface area contributed by atoms with E-state index in [2.05, 4.69) is 23.3 Å². The van der Waals surface area contributed by atoms with Crippen LogP contribution in [0.25, 0.3) is 0 Å². The maximum Gasteiger partial charge on any atom is 0.318 e. The number of amides is 4. The molecule has 1 aromatic carbocycles. The van der Waals surface area contributed by atoms with Gasteiger partial charge in [0, 0.05) is 25.3 Å². The topological polar surface area (TPSA) is 280 Å². The van der Waals surface area contributed by atoms with E-state index in [1.54, 1.807) is 0 Å². The van der Waals surface area contributed by atoms with Crippen molar-refractivity contribution in [2.75, 3.05) is 26.3 Å². The predicted octanol–water partition coefficient (Wildman–Crippen LogP) is -3.14.